The zero-order valence-corrected chi connectivity index (χ0v) is 77.5. The Bertz CT molecular complexity index is 1500. The molecule has 8 fully saturated rings. The normalized spacial score (nSPS) is 21.3. The molecule has 0 bridgehead atoms. The molecule has 608 valence electrons. The summed E-state index contributed by atoms with van der Waals surface area (Å²) in [5, 5.41) is 0. The second kappa shape index (κ2) is 57.8. The molecule has 6 heteroatoms. The van der Waals surface area contributed by atoms with Crippen LogP contribution in [0.25, 0.3) is 0 Å². The number of hydrogen-bond donors (Lipinski definition) is 0. The molecule has 0 radical (unpaired) electrons. The number of likely N-dealkylation sites (tertiary alicyclic amines) is 2. The maximum absolute atomic E-state index is 2.43. The van der Waals surface area contributed by atoms with Crippen molar-refractivity contribution in [2.24, 2.45) is 104 Å². The minimum absolute atomic E-state index is 0.449. The first-order valence-electron chi connectivity index (χ1n) is 43.7. The third-order valence-electron chi connectivity index (χ3n) is 24.7. The molecule has 100 heavy (non-hydrogen) atoms. The Labute approximate surface area is 638 Å². The molecule has 2 heterocycles. The Morgan fingerprint density at radius 1 is 0.240 bits per heavy atom. The third kappa shape index (κ3) is 68.3. The van der Waals surface area contributed by atoms with Crippen LogP contribution in [-0.4, -0.2) is 152 Å². The van der Waals surface area contributed by atoms with E-state index in [1.54, 1.807) is 0 Å². The first-order chi connectivity index (χ1) is 45.7. The van der Waals surface area contributed by atoms with Crippen molar-refractivity contribution in [1.82, 2.24) is 29.4 Å². The number of piperidine rings is 2. The highest BCUT2D eigenvalue weighted by Gasteiger charge is 2.29. The molecule has 0 amide bonds. The van der Waals surface area contributed by atoms with Crippen LogP contribution < -0.4 is 0 Å². The van der Waals surface area contributed by atoms with Crippen LogP contribution in [0.1, 0.15) is 386 Å². The van der Waals surface area contributed by atoms with Crippen LogP contribution in [0.15, 0.2) is 0 Å². The predicted molar refractivity (Wildman–Crippen MR) is 463 cm³/mol. The Morgan fingerprint density at radius 2 is 0.370 bits per heavy atom. The lowest BCUT2D eigenvalue weighted by molar-refractivity contribution is 0.129. The summed E-state index contributed by atoms with van der Waals surface area (Å²) in [6.07, 6.45) is 44.2. The molecule has 6 nitrogen and oxygen atoms in total. The summed E-state index contributed by atoms with van der Waals surface area (Å²) in [4.78, 5) is 13.8. The summed E-state index contributed by atoms with van der Waals surface area (Å²) in [6, 6.07) is 0. The summed E-state index contributed by atoms with van der Waals surface area (Å²) in [5.41, 5.74) is 2.85. The lowest BCUT2D eigenvalue weighted by atomic mass is 9.75. The Kier molecular flexibility index (Phi) is 61.4. The summed E-state index contributed by atoms with van der Waals surface area (Å²) in [6.45, 7) is 74.9. The summed E-state index contributed by atoms with van der Waals surface area (Å²) in [7, 11) is 21.5. The fourth-order valence-corrected chi connectivity index (χ4v) is 14.2. The van der Waals surface area contributed by atoms with E-state index in [2.05, 4.69) is 294 Å². The van der Waals surface area contributed by atoms with Gasteiger partial charge in [0.15, 0.2) is 0 Å². The van der Waals surface area contributed by atoms with Gasteiger partial charge < -0.3 is 29.4 Å². The molecule has 0 aromatic carbocycles. The highest BCUT2D eigenvalue weighted by atomic mass is 15.1. The van der Waals surface area contributed by atoms with Gasteiger partial charge in [-0.25, -0.2) is 0 Å². The summed E-state index contributed by atoms with van der Waals surface area (Å²) >= 11 is 0. The lowest BCUT2D eigenvalue weighted by Crippen LogP contribution is -2.35. The quantitative estimate of drug-likeness (QED) is 0.240. The molecule has 6 aliphatic carbocycles. The van der Waals surface area contributed by atoms with Crippen LogP contribution in [0.5, 0.6) is 0 Å². The molecule has 0 N–H and O–H groups in total. The molecule has 0 aromatic rings. The predicted octanol–water partition coefficient (Wildman–Crippen LogP) is 27.6. The van der Waals surface area contributed by atoms with E-state index < -0.39 is 0 Å². The Hall–Kier alpha value is -0.240. The Morgan fingerprint density at radius 3 is 0.440 bits per heavy atom. The van der Waals surface area contributed by atoms with Crippen LogP contribution in [0.2, 0.25) is 0 Å². The zero-order valence-electron chi connectivity index (χ0n) is 77.5. The van der Waals surface area contributed by atoms with Crippen molar-refractivity contribution in [3.05, 3.63) is 0 Å². The van der Waals surface area contributed by atoms with Crippen molar-refractivity contribution in [3.8, 4) is 0 Å². The molecule has 8 aliphatic rings. The summed E-state index contributed by atoms with van der Waals surface area (Å²) < 4.78 is 0. The van der Waals surface area contributed by atoms with Crippen molar-refractivity contribution >= 4 is 0 Å². The van der Waals surface area contributed by atoms with Gasteiger partial charge in [-0.3, -0.25) is 0 Å². The van der Waals surface area contributed by atoms with E-state index in [1.165, 1.54) is 245 Å². The fourth-order valence-electron chi connectivity index (χ4n) is 14.2. The van der Waals surface area contributed by atoms with Crippen molar-refractivity contribution in [3.63, 3.8) is 0 Å². The van der Waals surface area contributed by atoms with Gasteiger partial charge in [0.05, 0.1) is 0 Å². The molecule has 0 spiro atoms. The van der Waals surface area contributed by atoms with E-state index in [4.69, 9.17) is 0 Å². The van der Waals surface area contributed by atoms with Crippen LogP contribution in [0.4, 0.5) is 0 Å². The molecule has 6 saturated carbocycles. The van der Waals surface area contributed by atoms with Gasteiger partial charge in [-0.2, -0.15) is 0 Å². The van der Waals surface area contributed by atoms with Crippen LogP contribution >= 0.6 is 0 Å². The smallest absolute Gasteiger partial charge is 0.000592 e. The molecule has 0 aromatic heterocycles. The van der Waals surface area contributed by atoms with Gasteiger partial charge in [-0.05, 0) is 226 Å². The van der Waals surface area contributed by atoms with Gasteiger partial charge >= 0.3 is 0 Å². The maximum Gasteiger partial charge on any atom is 0.000592 e. The van der Waals surface area contributed by atoms with Crippen molar-refractivity contribution in [2.45, 2.75) is 386 Å². The lowest BCUT2D eigenvalue weighted by Gasteiger charge is -2.37. The van der Waals surface area contributed by atoms with Gasteiger partial charge in [-0.1, -0.05) is 361 Å². The van der Waals surface area contributed by atoms with E-state index in [1.807, 2.05) is 0 Å². The fraction of sp³-hybridized carbons (Fsp3) is 1.00. The first kappa shape index (κ1) is 106. The average molecular weight is 1420 g/mol. The van der Waals surface area contributed by atoms with E-state index in [-0.39, 0.29) is 0 Å². The van der Waals surface area contributed by atoms with Crippen molar-refractivity contribution < 1.29 is 0 Å². The SMILES string of the molecule is CC1CCCC1.CC1CCCC1.CC1CCCC1.CC1CCCC1.CC1CCCCC1.CC1CCCCC1.CN1CCC(C(C)(C)C)CC1.CN1CCC(C(C)(C)C)CC1.C[C@@H](CN(C)C)C(C)(C)C.C[C@@H](CN(C)C)C(C)(C)C.C[C@H](CN(C)C)C(C)(C)C.C[C@H](CN(C)C)C(C)(C)C. The third-order valence-corrected chi connectivity index (χ3v) is 24.7. The van der Waals surface area contributed by atoms with Crippen LogP contribution in [-0.2, 0) is 0 Å². The topological polar surface area (TPSA) is 19.4 Å². The van der Waals surface area contributed by atoms with E-state index >= 15 is 0 Å². The average Bonchev–Trinajstić information content (AvgIpc) is 1.41. The number of hydrogen-bond acceptors (Lipinski definition) is 6. The standard InChI is InChI=1S/2C10H21N.4C9H21N.2C7H14.4C6H12/c2*1-10(2,3)9-5-7-11(4)8-6-9;4*1-8(7-10(5)6)9(2,3)4;2*1-7-5-3-2-4-6-7;4*1-6-4-2-3-5-6/h2*9H,5-8H2,1-4H3;4*8H,7H2,1-6H3;2*7H,2-6H2,1H3;4*6H,2-5H2,1H3/t;;4*8-;;;;;;/m..1100....../s1. The molecule has 0 unspecified atom stereocenters. The maximum atomic E-state index is 2.43. The molecule has 8 rings (SSSR count). The highest BCUT2D eigenvalue weighted by Crippen LogP contribution is 2.36. The minimum atomic E-state index is 0.449. The van der Waals surface area contributed by atoms with Crippen molar-refractivity contribution in [2.75, 3.05) is 123 Å². The molecular formula is C94H202N6. The highest BCUT2D eigenvalue weighted by molar-refractivity contribution is 4.81. The Balaban J connectivity index is -0.000000505. The number of rotatable bonds is 8. The summed E-state index contributed by atoms with van der Waals surface area (Å²) in [5.74, 6) is 11.2. The molecule has 4 atom stereocenters. The largest absolute Gasteiger partial charge is 0.309 e. The first-order valence-corrected chi connectivity index (χ1v) is 43.7. The zero-order chi connectivity index (χ0) is 78.3. The van der Waals surface area contributed by atoms with Gasteiger partial charge in [0.2, 0.25) is 0 Å². The molecule has 2 saturated heterocycles. The van der Waals surface area contributed by atoms with Gasteiger partial charge in [0.25, 0.3) is 0 Å². The van der Waals surface area contributed by atoms with E-state index in [0.717, 1.165) is 71.0 Å². The second-order valence-electron chi connectivity index (χ2n) is 43.0. The number of nitrogens with zero attached hydrogens (tertiary/aromatic N) is 6. The monoisotopic (exact) mass is 1420 g/mol. The van der Waals surface area contributed by atoms with Gasteiger partial charge in [-0.15, -0.1) is 0 Å². The van der Waals surface area contributed by atoms with Crippen LogP contribution in [0, 0.1) is 104 Å². The molecule has 2 aliphatic heterocycles. The molecular weight excluding hydrogens is 1210 g/mol. The second-order valence-corrected chi connectivity index (χ2v) is 43.0. The van der Waals surface area contributed by atoms with E-state index in [9.17, 15) is 0 Å². The van der Waals surface area contributed by atoms with Gasteiger partial charge in [0.1, 0.15) is 0 Å². The van der Waals surface area contributed by atoms with Gasteiger partial charge in [0, 0.05) is 26.2 Å². The minimum Gasteiger partial charge on any atom is -0.309 e. The van der Waals surface area contributed by atoms with Crippen molar-refractivity contribution in [1.29, 1.82) is 0 Å². The van der Waals surface area contributed by atoms with Crippen LogP contribution in [0.3, 0.4) is 0 Å². The van der Waals surface area contributed by atoms with E-state index in [0.29, 0.717) is 32.5 Å².